The Morgan fingerprint density at radius 1 is 1.11 bits per heavy atom. The normalized spacial score (nSPS) is 14.9. The highest BCUT2D eigenvalue weighted by atomic mass is 127. The van der Waals surface area contributed by atoms with Crippen LogP contribution in [0, 0.1) is 7.14 Å². The van der Waals surface area contributed by atoms with Crippen LogP contribution in [0.1, 0.15) is 43.5 Å². The van der Waals surface area contributed by atoms with Gasteiger partial charge in [0, 0.05) is 20.5 Å². The van der Waals surface area contributed by atoms with Crippen LogP contribution in [0.2, 0.25) is 10.0 Å². The van der Waals surface area contributed by atoms with Crippen molar-refractivity contribution in [1.82, 2.24) is 4.57 Å². The number of aromatic nitrogens is 1. The van der Waals surface area contributed by atoms with Crippen molar-refractivity contribution in [3.05, 3.63) is 119 Å². The van der Waals surface area contributed by atoms with Crippen LogP contribution in [0.15, 0.2) is 80.5 Å². The summed E-state index contributed by atoms with van der Waals surface area (Å²) in [5.41, 5.74) is 3.16. The van der Waals surface area contributed by atoms with E-state index in [2.05, 4.69) is 45.2 Å². The van der Waals surface area contributed by atoms with Crippen molar-refractivity contribution in [1.29, 1.82) is 0 Å². The number of hydrogen-bond donors (Lipinski definition) is 0. The van der Waals surface area contributed by atoms with Crippen LogP contribution < -0.4 is 19.6 Å². The molecule has 0 N–H and O–H groups in total. The molecule has 0 aliphatic carbocycles. The zero-order valence-corrected chi connectivity index (χ0v) is 31.5. The summed E-state index contributed by atoms with van der Waals surface area (Å²) in [5.74, 6) is 0.252. The van der Waals surface area contributed by atoms with Crippen molar-refractivity contribution < 1.29 is 14.3 Å². The fraction of sp³-hybridized carbons (Fsp3) is 0.219. The minimum atomic E-state index is -0.661. The fourth-order valence-corrected chi connectivity index (χ4v) is 8.75. The zero-order chi connectivity index (χ0) is 31.7. The van der Waals surface area contributed by atoms with Crippen molar-refractivity contribution >= 4 is 104 Å². The average molecular weight is 891 g/mol. The van der Waals surface area contributed by atoms with Crippen LogP contribution in [0.3, 0.4) is 0 Å². The van der Waals surface area contributed by atoms with Crippen LogP contribution in [-0.2, 0) is 16.1 Å². The van der Waals surface area contributed by atoms with Gasteiger partial charge in [0.25, 0.3) is 5.56 Å². The SMILES string of the molecule is CSc1ccc([C@@H]2C(C(=O)OC(C)C)=C(C)N=c3s/c(=C\c4cc(I)c(OCc5ccc(Cl)cc5Cl)c(I)c4)c(=O)n32)cc1. The van der Waals surface area contributed by atoms with E-state index in [9.17, 15) is 9.59 Å². The number of fused-ring (bicyclic) bond motifs is 1. The molecule has 0 unspecified atom stereocenters. The van der Waals surface area contributed by atoms with Crippen LogP contribution in [-0.4, -0.2) is 22.9 Å². The number of halogens is 4. The first kappa shape index (κ1) is 33.5. The highest BCUT2D eigenvalue weighted by Gasteiger charge is 2.33. The van der Waals surface area contributed by atoms with E-state index in [1.807, 2.05) is 54.8 Å². The Balaban J connectivity index is 1.55. The van der Waals surface area contributed by atoms with E-state index < -0.39 is 12.0 Å². The largest absolute Gasteiger partial charge is 0.487 e. The highest BCUT2D eigenvalue weighted by molar-refractivity contribution is 14.1. The van der Waals surface area contributed by atoms with Gasteiger partial charge in [-0.15, -0.1) is 11.8 Å². The topological polar surface area (TPSA) is 69.9 Å². The molecule has 1 aliphatic rings. The first-order chi connectivity index (χ1) is 21.0. The molecule has 4 aromatic rings. The van der Waals surface area contributed by atoms with Crippen molar-refractivity contribution in [3.63, 3.8) is 0 Å². The van der Waals surface area contributed by atoms with Gasteiger partial charge in [-0.3, -0.25) is 9.36 Å². The van der Waals surface area contributed by atoms with Gasteiger partial charge in [0.2, 0.25) is 0 Å². The Morgan fingerprint density at radius 2 is 1.80 bits per heavy atom. The van der Waals surface area contributed by atoms with Gasteiger partial charge < -0.3 is 9.47 Å². The molecule has 2 heterocycles. The van der Waals surface area contributed by atoms with E-state index in [1.54, 1.807) is 49.2 Å². The summed E-state index contributed by atoms with van der Waals surface area (Å²) in [4.78, 5) is 33.7. The third-order valence-corrected chi connectivity index (χ3v) is 10.6. The second-order valence-corrected chi connectivity index (χ2v) is 15.2. The Kier molecular flexibility index (Phi) is 10.9. The van der Waals surface area contributed by atoms with E-state index in [-0.39, 0.29) is 11.7 Å². The summed E-state index contributed by atoms with van der Waals surface area (Å²) in [6.45, 7) is 5.69. The first-order valence-electron chi connectivity index (χ1n) is 13.4. The predicted octanol–water partition coefficient (Wildman–Crippen LogP) is 8.00. The second kappa shape index (κ2) is 14.3. The standard InChI is InChI=1S/C32H26Cl2I2N2O4S2/c1-16(2)42-31(40)27-17(3)37-32-38(28(27)19-6-9-22(43-4)10-7-19)30(39)26(44-32)13-18-11-24(35)29(25(36)12-18)41-15-20-5-8-21(33)14-23(20)34/h5-14,16,28H,15H2,1-4H3/b26-13-/t28-/m1/s1. The number of allylic oxidation sites excluding steroid dienone is 1. The lowest BCUT2D eigenvalue weighted by Gasteiger charge is -2.25. The molecule has 1 aliphatic heterocycles. The predicted molar refractivity (Wildman–Crippen MR) is 196 cm³/mol. The average Bonchev–Trinajstić information content (AvgIpc) is 3.26. The number of esters is 1. The lowest BCUT2D eigenvalue weighted by molar-refractivity contribution is -0.143. The molecule has 3 aromatic carbocycles. The molecule has 0 saturated carbocycles. The third-order valence-electron chi connectivity index (χ3n) is 6.72. The van der Waals surface area contributed by atoms with Gasteiger partial charge in [-0.25, -0.2) is 9.79 Å². The fourth-order valence-electron chi connectivity index (χ4n) is 4.70. The summed E-state index contributed by atoms with van der Waals surface area (Å²) in [5, 5.41) is 1.11. The molecule has 6 nitrogen and oxygen atoms in total. The van der Waals surface area contributed by atoms with Gasteiger partial charge in [-0.1, -0.05) is 52.7 Å². The van der Waals surface area contributed by atoms with Gasteiger partial charge in [0.15, 0.2) is 4.80 Å². The van der Waals surface area contributed by atoms with Crippen molar-refractivity contribution in [2.45, 2.75) is 44.4 Å². The Bertz CT molecular complexity index is 1950. The Hall–Kier alpha value is -1.84. The molecule has 0 radical (unpaired) electrons. The zero-order valence-electron chi connectivity index (χ0n) is 24.0. The number of rotatable bonds is 8. The van der Waals surface area contributed by atoms with Crippen LogP contribution in [0.5, 0.6) is 5.75 Å². The second-order valence-electron chi connectivity index (χ2n) is 10.1. The molecule has 228 valence electrons. The van der Waals surface area contributed by atoms with Crippen molar-refractivity contribution in [2.75, 3.05) is 6.26 Å². The quantitative estimate of drug-likeness (QED) is 0.102. The number of nitrogens with zero attached hydrogens (tertiary/aromatic N) is 2. The Morgan fingerprint density at radius 3 is 2.41 bits per heavy atom. The van der Waals surface area contributed by atoms with Crippen LogP contribution >= 0.6 is 91.5 Å². The summed E-state index contributed by atoms with van der Waals surface area (Å²) in [7, 11) is 0. The lowest BCUT2D eigenvalue weighted by atomic mass is 9.96. The monoisotopic (exact) mass is 890 g/mol. The number of carbonyl (C=O) groups is 1. The summed E-state index contributed by atoms with van der Waals surface area (Å²) >= 11 is 19.7. The van der Waals surface area contributed by atoms with E-state index in [1.165, 1.54) is 11.3 Å². The molecule has 1 atom stereocenters. The van der Waals surface area contributed by atoms with Crippen LogP contribution in [0.4, 0.5) is 0 Å². The summed E-state index contributed by atoms with van der Waals surface area (Å²) in [6, 6.07) is 16.5. The maximum atomic E-state index is 14.0. The number of thioether (sulfide) groups is 1. The maximum Gasteiger partial charge on any atom is 0.338 e. The maximum absolute atomic E-state index is 14.0. The molecule has 12 heteroatoms. The molecule has 0 amide bonds. The van der Waals surface area contributed by atoms with Gasteiger partial charge in [-0.2, -0.15) is 0 Å². The van der Waals surface area contributed by atoms with Gasteiger partial charge in [-0.05, 0) is 126 Å². The van der Waals surface area contributed by atoms with E-state index in [0.717, 1.165) is 34.5 Å². The third kappa shape index (κ3) is 7.25. The number of ether oxygens (including phenoxy) is 2. The molecule has 0 spiro atoms. The first-order valence-corrected chi connectivity index (χ1v) is 18.4. The van der Waals surface area contributed by atoms with Crippen molar-refractivity contribution in [3.8, 4) is 5.75 Å². The molecule has 0 fully saturated rings. The Labute approximate surface area is 300 Å². The van der Waals surface area contributed by atoms with Gasteiger partial charge in [0.05, 0.1) is 35.1 Å². The molecule has 0 bridgehead atoms. The molecule has 1 aromatic heterocycles. The van der Waals surface area contributed by atoms with E-state index in [0.29, 0.717) is 37.3 Å². The highest BCUT2D eigenvalue weighted by Crippen LogP contribution is 2.33. The summed E-state index contributed by atoms with van der Waals surface area (Å²) < 4.78 is 15.6. The van der Waals surface area contributed by atoms with Gasteiger partial charge in [0.1, 0.15) is 12.4 Å². The number of carbonyl (C=O) groups excluding carboxylic acids is 1. The molecular formula is C32H26Cl2I2N2O4S2. The minimum Gasteiger partial charge on any atom is -0.487 e. The number of benzene rings is 3. The van der Waals surface area contributed by atoms with Crippen molar-refractivity contribution in [2.24, 2.45) is 4.99 Å². The van der Waals surface area contributed by atoms with E-state index in [4.69, 9.17) is 37.7 Å². The number of hydrogen-bond acceptors (Lipinski definition) is 7. The molecule has 5 rings (SSSR count). The molecule has 44 heavy (non-hydrogen) atoms. The minimum absolute atomic E-state index is 0.224. The van der Waals surface area contributed by atoms with Gasteiger partial charge >= 0.3 is 5.97 Å². The smallest absolute Gasteiger partial charge is 0.338 e. The molecule has 0 saturated heterocycles. The summed E-state index contributed by atoms with van der Waals surface area (Å²) in [6.07, 6.45) is 3.55. The lowest BCUT2D eigenvalue weighted by Crippen LogP contribution is -2.40. The number of thiazole rings is 1. The van der Waals surface area contributed by atoms with E-state index >= 15 is 0 Å². The van der Waals surface area contributed by atoms with Crippen LogP contribution in [0.25, 0.3) is 6.08 Å². The molecular weight excluding hydrogens is 865 g/mol.